The zero-order valence-electron chi connectivity index (χ0n) is 16.8. The molecule has 2 aromatic carbocycles. The second-order valence-electron chi connectivity index (χ2n) is 8.62. The van der Waals surface area contributed by atoms with E-state index in [4.69, 9.17) is 16.3 Å². The Hall–Kier alpha value is -2.45. The molecule has 5 rings (SSSR count). The van der Waals surface area contributed by atoms with Gasteiger partial charge in [-0.25, -0.2) is 12.8 Å². The summed E-state index contributed by atoms with van der Waals surface area (Å²) >= 11 is 5.62. The minimum Gasteiger partial charge on any atom is -0.484 e. The molecule has 3 saturated carbocycles. The highest BCUT2D eigenvalue weighted by atomic mass is 35.5. The van der Waals surface area contributed by atoms with E-state index < -0.39 is 15.7 Å². The van der Waals surface area contributed by atoms with Gasteiger partial charge >= 0.3 is 0 Å². The molecule has 9 heteroatoms. The van der Waals surface area contributed by atoms with Crippen molar-refractivity contribution in [3.63, 3.8) is 0 Å². The van der Waals surface area contributed by atoms with Crippen LogP contribution < -0.4 is 10.1 Å². The van der Waals surface area contributed by atoms with Crippen LogP contribution in [0.25, 0.3) is 0 Å². The van der Waals surface area contributed by atoms with Crippen molar-refractivity contribution >= 4 is 33.1 Å². The molecule has 3 aliphatic carbocycles. The van der Waals surface area contributed by atoms with Gasteiger partial charge in [-0.15, -0.1) is 0 Å². The van der Waals surface area contributed by atoms with Crippen molar-refractivity contribution in [1.29, 1.82) is 0 Å². The van der Waals surface area contributed by atoms with E-state index in [9.17, 15) is 22.4 Å². The fourth-order valence-electron chi connectivity index (χ4n) is 4.71. The molecule has 3 fully saturated rings. The van der Waals surface area contributed by atoms with Gasteiger partial charge in [-0.3, -0.25) is 9.59 Å². The average Bonchev–Trinajstić information content (AvgIpc) is 2.65. The summed E-state index contributed by atoms with van der Waals surface area (Å²) in [7, 11) is -3.38. The molecular formula is C22H21ClFNO5S. The Balaban J connectivity index is 1.27. The highest BCUT2D eigenvalue weighted by Crippen LogP contribution is 2.69. The Morgan fingerprint density at radius 1 is 1.16 bits per heavy atom. The molecule has 3 aliphatic rings. The fraction of sp³-hybridized carbons (Fsp3) is 0.364. The lowest BCUT2D eigenvalue weighted by Crippen LogP contribution is -2.75. The van der Waals surface area contributed by atoms with E-state index in [1.807, 2.05) is 0 Å². The van der Waals surface area contributed by atoms with E-state index in [2.05, 4.69) is 5.32 Å². The van der Waals surface area contributed by atoms with E-state index in [1.165, 1.54) is 24.3 Å². The summed E-state index contributed by atoms with van der Waals surface area (Å²) in [4.78, 5) is 25.0. The second kappa shape index (κ2) is 7.60. The van der Waals surface area contributed by atoms with Crippen LogP contribution in [0.2, 0.25) is 5.02 Å². The van der Waals surface area contributed by atoms with Gasteiger partial charge in [-0.1, -0.05) is 23.7 Å². The van der Waals surface area contributed by atoms with Crippen LogP contribution >= 0.6 is 11.6 Å². The van der Waals surface area contributed by atoms with Crippen LogP contribution in [-0.4, -0.2) is 38.5 Å². The summed E-state index contributed by atoms with van der Waals surface area (Å²) in [5, 5.41) is 2.93. The van der Waals surface area contributed by atoms with Crippen molar-refractivity contribution in [3.05, 3.63) is 58.9 Å². The quantitative estimate of drug-likeness (QED) is 0.602. The van der Waals surface area contributed by atoms with Crippen LogP contribution in [0.1, 0.15) is 36.0 Å². The summed E-state index contributed by atoms with van der Waals surface area (Å²) in [6.07, 6.45) is 3.51. The molecule has 164 valence electrons. The molecule has 0 aromatic heterocycles. The first kappa shape index (κ1) is 21.8. The van der Waals surface area contributed by atoms with E-state index in [0.29, 0.717) is 31.2 Å². The number of ether oxygens (including phenoxy) is 1. The number of amides is 1. The van der Waals surface area contributed by atoms with Crippen molar-refractivity contribution in [1.82, 2.24) is 5.32 Å². The molecule has 31 heavy (non-hydrogen) atoms. The van der Waals surface area contributed by atoms with Crippen LogP contribution in [0.5, 0.6) is 5.75 Å². The van der Waals surface area contributed by atoms with Crippen molar-refractivity contribution < 1.29 is 27.1 Å². The SMILES string of the molecule is CS(=O)(=O)c1cccc(C(=O)CC23CC(NC(=O)COc4ccc(Cl)c(F)c4)(C2)C3)c1. The normalized spacial score (nSPS) is 24.0. The zero-order valence-corrected chi connectivity index (χ0v) is 18.4. The van der Waals surface area contributed by atoms with Gasteiger partial charge < -0.3 is 10.1 Å². The van der Waals surface area contributed by atoms with Gasteiger partial charge in [0.05, 0.1) is 9.92 Å². The highest BCUT2D eigenvalue weighted by Gasteiger charge is 2.68. The molecule has 0 unspecified atom stereocenters. The van der Waals surface area contributed by atoms with Crippen LogP contribution in [0.4, 0.5) is 4.39 Å². The predicted octanol–water partition coefficient (Wildman–Crippen LogP) is 3.57. The molecule has 0 aliphatic heterocycles. The third kappa shape index (κ3) is 4.45. The Labute approximate surface area is 184 Å². The summed E-state index contributed by atoms with van der Waals surface area (Å²) in [5.74, 6) is -0.810. The molecule has 2 aromatic rings. The molecule has 2 bridgehead atoms. The van der Waals surface area contributed by atoms with E-state index in [1.54, 1.807) is 12.1 Å². The summed E-state index contributed by atoms with van der Waals surface area (Å²) in [6, 6.07) is 10.0. The van der Waals surface area contributed by atoms with Gasteiger partial charge in [-0.2, -0.15) is 0 Å². The van der Waals surface area contributed by atoms with Gasteiger partial charge in [0.1, 0.15) is 11.6 Å². The highest BCUT2D eigenvalue weighted by molar-refractivity contribution is 7.90. The van der Waals surface area contributed by atoms with E-state index in [-0.39, 0.29) is 44.9 Å². The number of ketones is 1. The maximum Gasteiger partial charge on any atom is 0.258 e. The number of hydrogen-bond acceptors (Lipinski definition) is 5. The molecule has 6 nitrogen and oxygen atoms in total. The molecule has 0 atom stereocenters. The standard InChI is InChI=1S/C22H21ClFNO5S/c1-31(28,29)16-4-2-3-14(7-16)19(26)9-21-11-22(12-21,13-21)25-20(27)10-30-15-5-6-17(23)18(24)8-15/h2-8H,9-13H2,1H3,(H,25,27). The summed E-state index contributed by atoms with van der Waals surface area (Å²) < 4.78 is 42.1. The summed E-state index contributed by atoms with van der Waals surface area (Å²) in [5.41, 5.74) is -0.0824. The number of hydrogen-bond donors (Lipinski definition) is 1. The number of carbonyl (C=O) groups is 2. The first-order valence-electron chi connectivity index (χ1n) is 9.72. The monoisotopic (exact) mass is 465 g/mol. The molecule has 0 spiro atoms. The molecule has 0 radical (unpaired) electrons. The van der Waals surface area contributed by atoms with Gasteiger partial charge in [0, 0.05) is 29.8 Å². The maximum atomic E-state index is 13.4. The number of carbonyl (C=O) groups excluding carboxylic acids is 2. The van der Waals surface area contributed by atoms with Crippen molar-refractivity contribution in [2.45, 2.75) is 36.1 Å². The molecule has 0 heterocycles. The lowest BCUT2D eigenvalue weighted by molar-refractivity contribution is -0.164. The topological polar surface area (TPSA) is 89.5 Å². The smallest absolute Gasteiger partial charge is 0.258 e. The van der Waals surface area contributed by atoms with Crippen LogP contribution in [0, 0.1) is 11.2 Å². The Morgan fingerprint density at radius 3 is 2.52 bits per heavy atom. The molecule has 1 N–H and O–H groups in total. The predicted molar refractivity (Wildman–Crippen MR) is 113 cm³/mol. The van der Waals surface area contributed by atoms with Crippen LogP contribution in [-0.2, 0) is 14.6 Å². The molecular weight excluding hydrogens is 445 g/mol. The zero-order chi connectivity index (χ0) is 22.4. The number of benzene rings is 2. The maximum absolute atomic E-state index is 13.4. The Bertz CT molecular complexity index is 1160. The summed E-state index contributed by atoms with van der Waals surface area (Å²) in [6.45, 7) is -0.243. The minimum absolute atomic E-state index is 0.0199. The van der Waals surface area contributed by atoms with Gasteiger partial charge in [0.25, 0.3) is 5.91 Å². The first-order valence-corrected chi connectivity index (χ1v) is 12.0. The van der Waals surface area contributed by atoms with Crippen molar-refractivity contribution in [3.8, 4) is 5.75 Å². The van der Waals surface area contributed by atoms with Gasteiger partial charge in [0.2, 0.25) is 0 Å². The third-order valence-electron chi connectivity index (χ3n) is 5.93. The number of Topliss-reactive ketones (excluding diaryl/α,β-unsaturated/α-hetero) is 1. The largest absolute Gasteiger partial charge is 0.484 e. The van der Waals surface area contributed by atoms with Gasteiger partial charge in [-0.05, 0) is 48.9 Å². The van der Waals surface area contributed by atoms with Crippen LogP contribution in [0.3, 0.4) is 0 Å². The van der Waals surface area contributed by atoms with Crippen molar-refractivity contribution in [2.75, 3.05) is 12.9 Å². The van der Waals surface area contributed by atoms with E-state index in [0.717, 1.165) is 12.3 Å². The number of nitrogens with one attached hydrogen (secondary N) is 1. The fourth-order valence-corrected chi connectivity index (χ4v) is 5.49. The van der Waals surface area contributed by atoms with Crippen molar-refractivity contribution in [2.24, 2.45) is 5.41 Å². The number of sulfone groups is 1. The van der Waals surface area contributed by atoms with E-state index >= 15 is 0 Å². The number of halogens is 2. The average molecular weight is 466 g/mol. The first-order chi connectivity index (χ1) is 14.5. The minimum atomic E-state index is -3.38. The molecule has 1 amide bonds. The number of rotatable bonds is 8. The van der Waals surface area contributed by atoms with Gasteiger partial charge in [0.15, 0.2) is 22.2 Å². The Morgan fingerprint density at radius 2 is 1.87 bits per heavy atom. The van der Waals surface area contributed by atoms with Crippen LogP contribution in [0.15, 0.2) is 47.4 Å². The second-order valence-corrected chi connectivity index (χ2v) is 11.0. The lowest BCUT2D eigenvalue weighted by atomic mass is 9.38. The Kier molecular flexibility index (Phi) is 5.34. The lowest BCUT2D eigenvalue weighted by Gasteiger charge is -2.70. The molecule has 0 saturated heterocycles. The third-order valence-corrected chi connectivity index (χ3v) is 7.34.